The van der Waals surface area contributed by atoms with Crippen molar-refractivity contribution in [2.75, 3.05) is 6.54 Å². The normalized spacial score (nSPS) is 13.5. The van der Waals surface area contributed by atoms with Crippen LogP contribution in [0.2, 0.25) is 0 Å². The molecule has 26 heavy (non-hydrogen) atoms. The van der Waals surface area contributed by atoms with Gasteiger partial charge in [0, 0.05) is 25.9 Å². The summed E-state index contributed by atoms with van der Waals surface area (Å²) in [4.78, 5) is 18.6. The topological polar surface area (TPSA) is 59.2 Å². The fourth-order valence-electron chi connectivity index (χ4n) is 3.19. The van der Waals surface area contributed by atoms with Crippen LogP contribution in [-0.4, -0.2) is 27.5 Å². The molecule has 0 atom stereocenters. The van der Waals surface area contributed by atoms with Crippen LogP contribution in [0.15, 0.2) is 53.1 Å². The van der Waals surface area contributed by atoms with Crippen LogP contribution in [0, 0.1) is 5.82 Å². The lowest BCUT2D eigenvalue weighted by molar-refractivity contribution is -0.132. The van der Waals surface area contributed by atoms with Crippen LogP contribution >= 0.6 is 0 Å². The fourth-order valence-corrected chi connectivity index (χ4v) is 3.19. The molecule has 1 aliphatic rings. The maximum absolute atomic E-state index is 13.8. The number of carbonyl (C=O) groups excluding carboxylic acids is 1. The van der Waals surface area contributed by atoms with Crippen molar-refractivity contribution in [1.82, 2.24) is 15.0 Å². The number of benzene rings is 2. The highest BCUT2D eigenvalue weighted by molar-refractivity contribution is 5.76. The van der Waals surface area contributed by atoms with Gasteiger partial charge in [-0.25, -0.2) is 4.39 Å². The van der Waals surface area contributed by atoms with Gasteiger partial charge >= 0.3 is 0 Å². The molecule has 0 aliphatic carbocycles. The quantitative estimate of drug-likeness (QED) is 0.723. The zero-order valence-electron chi connectivity index (χ0n) is 14.2. The highest BCUT2D eigenvalue weighted by Gasteiger charge is 2.21. The van der Waals surface area contributed by atoms with E-state index in [0.29, 0.717) is 30.8 Å². The Morgan fingerprint density at radius 2 is 1.88 bits per heavy atom. The van der Waals surface area contributed by atoms with E-state index in [-0.39, 0.29) is 11.7 Å². The third kappa shape index (κ3) is 3.35. The van der Waals surface area contributed by atoms with Crippen LogP contribution in [0.3, 0.4) is 0 Å². The number of aromatic nitrogens is 2. The van der Waals surface area contributed by atoms with Gasteiger partial charge < -0.3 is 9.42 Å². The SMILES string of the molecule is O=C(CCc1nc(-c2ccccc2F)no1)N1CCc2ccccc2C1. The molecular formula is C20H18FN3O2. The van der Waals surface area contributed by atoms with Gasteiger partial charge in [0.2, 0.25) is 17.6 Å². The van der Waals surface area contributed by atoms with Crippen LogP contribution < -0.4 is 0 Å². The van der Waals surface area contributed by atoms with Crippen molar-refractivity contribution < 1.29 is 13.7 Å². The fraction of sp³-hybridized carbons (Fsp3) is 0.250. The number of fused-ring (bicyclic) bond motifs is 1. The molecule has 0 N–H and O–H groups in total. The standard InChI is InChI=1S/C20H18FN3O2/c21-17-8-4-3-7-16(17)20-22-18(26-23-20)9-10-19(25)24-12-11-14-5-1-2-6-15(14)13-24/h1-8H,9-13H2. The zero-order valence-corrected chi connectivity index (χ0v) is 14.2. The molecule has 3 aromatic rings. The molecule has 2 heterocycles. The van der Waals surface area contributed by atoms with Crippen molar-refractivity contribution in [1.29, 1.82) is 0 Å². The minimum absolute atomic E-state index is 0.0603. The van der Waals surface area contributed by atoms with Gasteiger partial charge in [0.15, 0.2) is 0 Å². The van der Waals surface area contributed by atoms with Gasteiger partial charge in [-0.3, -0.25) is 4.79 Å². The van der Waals surface area contributed by atoms with Crippen LogP contribution in [0.5, 0.6) is 0 Å². The number of rotatable bonds is 4. The molecule has 0 spiro atoms. The van der Waals surface area contributed by atoms with E-state index in [0.717, 1.165) is 13.0 Å². The molecule has 4 rings (SSSR count). The van der Waals surface area contributed by atoms with E-state index in [9.17, 15) is 9.18 Å². The van der Waals surface area contributed by atoms with E-state index >= 15 is 0 Å². The van der Waals surface area contributed by atoms with Crippen molar-refractivity contribution in [2.24, 2.45) is 0 Å². The van der Waals surface area contributed by atoms with Gasteiger partial charge in [-0.15, -0.1) is 0 Å². The third-order valence-electron chi connectivity index (χ3n) is 4.62. The number of hydrogen-bond donors (Lipinski definition) is 0. The maximum Gasteiger partial charge on any atom is 0.227 e. The monoisotopic (exact) mass is 351 g/mol. The Hall–Kier alpha value is -3.02. The summed E-state index contributed by atoms with van der Waals surface area (Å²) in [6.45, 7) is 1.36. The van der Waals surface area contributed by atoms with Crippen molar-refractivity contribution in [2.45, 2.75) is 25.8 Å². The summed E-state index contributed by atoms with van der Waals surface area (Å²) in [7, 11) is 0. The van der Waals surface area contributed by atoms with Crippen LogP contribution in [0.25, 0.3) is 11.4 Å². The molecule has 1 aromatic heterocycles. The van der Waals surface area contributed by atoms with Crippen molar-refractivity contribution in [3.63, 3.8) is 0 Å². The van der Waals surface area contributed by atoms with Gasteiger partial charge in [0.05, 0.1) is 5.56 Å². The van der Waals surface area contributed by atoms with Crippen molar-refractivity contribution in [3.8, 4) is 11.4 Å². The number of amides is 1. The summed E-state index contributed by atoms with van der Waals surface area (Å²) in [5.41, 5.74) is 2.80. The van der Waals surface area contributed by atoms with Crippen molar-refractivity contribution >= 4 is 5.91 Å². The highest BCUT2D eigenvalue weighted by Crippen LogP contribution is 2.21. The largest absolute Gasteiger partial charge is 0.339 e. The smallest absolute Gasteiger partial charge is 0.227 e. The molecule has 5 nitrogen and oxygen atoms in total. The zero-order chi connectivity index (χ0) is 17.9. The molecule has 1 aliphatic heterocycles. The van der Waals surface area contributed by atoms with E-state index in [4.69, 9.17) is 4.52 Å². The van der Waals surface area contributed by atoms with Gasteiger partial charge in [0.1, 0.15) is 5.82 Å². The summed E-state index contributed by atoms with van der Waals surface area (Å²) in [6, 6.07) is 14.5. The average Bonchev–Trinajstić information content (AvgIpc) is 3.15. The first-order chi connectivity index (χ1) is 12.7. The predicted octanol–water partition coefficient (Wildman–Crippen LogP) is 3.39. The van der Waals surface area contributed by atoms with Crippen LogP contribution in [-0.2, 0) is 24.2 Å². The Morgan fingerprint density at radius 3 is 2.73 bits per heavy atom. The van der Waals surface area contributed by atoms with E-state index < -0.39 is 5.82 Å². The molecule has 0 saturated carbocycles. The lowest BCUT2D eigenvalue weighted by atomic mass is 9.99. The Kier molecular flexibility index (Phi) is 4.48. The molecule has 132 valence electrons. The molecule has 0 radical (unpaired) electrons. The Balaban J connectivity index is 1.38. The number of hydrogen-bond acceptors (Lipinski definition) is 4. The molecule has 0 fully saturated rings. The Labute approximate surface area is 150 Å². The summed E-state index contributed by atoms with van der Waals surface area (Å²) < 4.78 is 18.9. The highest BCUT2D eigenvalue weighted by atomic mass is 19.1. The first-order valence-electron chi connectivity index (χ1n) is 8.63. The van der Waals surface area contributed by atoms with Gasteiger partial charge in [-0.2, -0.15) is 4.98 Å². The third-order valence-corrected chi connectivity index (χ3v) is 4.62. The van der Waals surface area contributed by atoms with Gasteiger partial charge in [0.25, 0.3) is 0 Å². The number of halogens is 1. The molecule has 0 saturated heterocycles. The number of carbonyl (C=O) groups is 1. The average molecular weight is 351 g/mol. The van der Waals surface area contributed by atoms with Gasteiger partial charge in [-0.05, 0) is 29.7 Å². The first-order valence-corrected chi connectivity index (χ1v) is 8.63. The lowest BCUT2D eigenvalue weighted by Gasteiger charge is -2.28. The molecule has 1 amide bonds. The Bertz CT molecular complexity index is 938. The second kappa shape index (κ2) is 7.07. The second-order valence-electron chi connectivity index (χ2n) is 6.33. The maximum atomic E-state index is 13.8. The number of aryl methyl sites for hydroxylation is 1. The van der Waals surface area contributed by atoms with E-state index in [1.54, 1.807) is 18.2 Å². The van der Waals surface area contributed by atoms with E-state index in [1.807, 2.05) is 17.0 Å². The number of nitrogens with zero attached hydrogens (tertiary/aromatic N) is 3. The summed E-state index contributed by atoms with van der Waals surface area (Å²) in [5.74, 6) is 0.208. The summed E-state index contributed by atoms with van der Waals surface area (Å²) in [6.07, 6.45) is 1.51. The van der Waals surface area contributed by atoms with E-state index in [2.05, 4.69) is 22.3 Å². The van der Waals surface area contributed by atoms with Crippen LogP contribution in [0.4, 0.5) is 4.39 Å². The van der Waals surface area contributed by atoms with E-state index in [1.165, 1.54) is 17.2 Å². The molecular weight excluding hydrogens is 333 g/mol. The first kappa shape index (κ1) is 16.4. The second-order valence-corrected chi connectivity index (χ2v) is 6.33. The lowest BCUT2D eigenvalue weighted by Crippen LogP contribution is -2.36. The summed E-state index contributed by atoms with van der Waals surface area (Å²) >= 11 is 0. The molecule has 2 aromatic carbocycles. The van der Waals surface area contributed by atoms with Gasteiger partial charge in [-0.1, -0.05) is 41.6 Å². The molecule has 0 unspecified atom stereocenters. The Morgan fingerprint density at radius 1 is 1.12 bits per heavy atom. The molecule has 6 heteroatoms. The minimum atomic E-state index is -0.400. The van der Waals surface area contributed by atoms with Crippen LogP contribution in [0.1, 0.15) is 23.4 Å². The minimum Gasteiger partial charge on any atom is -0.339 e. The summed E-state index contributed by atoms with van der Waals surface area (Å²) in [5, 5.41) is 3.82. The molecule has 0 bridgehead atoms. The van der Waals surface area contributed by atoms with Crippen molar-refractivity contribution in [3.05, 3.63) is 71.4 Å². The predicted molar refractivity (Wildman–Crippen MR) is 93.6 cm³/mol.